The Morgan fingerprint density at radius 3 is 0.247 bits per heavy atom. The topological polar surface area (TPSA) is 0 Å². The van der Waals surface area contributed by atoms with E-state index >= 15 is 0 Å². The normalized spacial score (nSPS) is 11.7. The van der Waals surface area contributed by atoms with Crippen LogP contribution in [0.4, 0.5) is 0 Å². The first kappa shape index (κ1) is 103. The van der Waals surface area contributed by atoms with Crippen LogP contribution >= 0.6 is 0 Å². The van der Waals surface area contributed by atoms with Crippen molar-refractivity contribution in [2.24, 2.45) is 0 Å². The molecule has 0 heterocycles. The van der Waals surface area contributed by atoms with Gasteiger partial charge in [0.05, 0.1) is 0 Å². The summed E-state index contributed by atoms with van der Waals surface area (Å²) in [6.07, 6.45) is 134. The Hall–Kier alpha value is 1.46. The summed E-state index contributed by atoms with van der Waals surface area (Å²) >= 11 is 1.69. The summed E-state index contributed by atoms with van der Waals surface area (Å²) in [5, 5.41) is 0. The van der Waals surface area contributed by atoms with Crippen LogP contribution in [-0.4, -0.2) is 24.7 Å². The zero-order chi connectivity index (χ0) is 68.1. The van der Waals surface area contributed by atoms with Crippen molar-refractivity contribution in [3.05, 3.63) is 0 Å². The van der Waals surface area contributed by atoms with Crippen LogP contribution < -0.4 is 24.8 Å². The van der Waals surface area contributed by atoms with Crippen LogP contribution in [0.25, 0.3) is 0 Å². The number of hydrogen-bond donors (Lipinski definition) is 0. The maximum atomic E-state index is 2.32. The van der Waals surface area contributed by atoms with Gasteiger partial charge in [0.25, 0.3) is 0 Å². The van der Waals surface area contributed by atoms with Crippen LogP contribution in [0.1, 0.15) is 599 Å². The molecule has 0 atom stereocenters. The van der Waals surface area contributed by atoms with Gasteiger partial charge in [0.1, 0.15) is 0 Å². The Kier molecular flexibility index (Phi) is 101. The van der Waals surface area contributed by atoms with Gasteiger partial charge in [-0.1, -0.05) is 387 Å². The maximum absolute atomic E-state index is 2.32. The first-order valence-electron chi connectivity index (χ1n) is 46.9. The molecule has 0 aromatic carbocycles. The summed E-state index contributed by atoms with van der Waals surface area (Å²) in [4.78, 5) is 0. The van der Waals surface area contributed by atoms with E-state index in [1.807, 2.05) is 0 Å². The van der Waals surface area contributed by atoms with Crippen molar-refractivity contribution in [1.82, 2.24) is 0 Å². The van der Waals surface area contributed by atoms with Gasteiger partial charge in [-0.05, 0) is 0 Å². The molecule has 584 valence electrons. The first-order chi connectivity index (χ1) is 47.2. The van der Waals surface area contributed by atoms with E-state index < -0.39 is 0 Å². The van der Waals surface area contributed by atoms with Crippen molar-refractivity contribution in [3.8, 4) is 0 Å². The third kappa shape index (κ3) is 93.5. The number of unbranched alkanes of at least 4 members (excludes halogenated alkanes) is 84. The molecule has 2 radical (unpaired) electrons. The molecular formula is C94H189BiCl2. The molecule has 0 N–H and O–H groups in total. The quantitative estimate of drug-likeness (QED) is 0.0421. The second-order valence-electron chi connectivity index (χ2n) is 33.2. The third-order valence-electron chi connectivity index (χ3n) is 23.2. The second-order valence-corrected chi connectivity index (χ2v) is 36.9. The summed E-state index contributed by atoms with van der Waals surface area (Å²) in [6, 6.07) is 0. The number of rotatable bonds is 90. The summed E-state index contributed by atoms with van der Waals surface area (Å²) in [5.74, 6) is 0. The molecule has 0 aliphatic heterocycles. The summed E-state index contributed by atoms with van der Waals surface area (Å²) in [7, 11) is 0. The fourth-order valence-corrected chi connectivity index (χ4v) is 18.1. The molecule has 0 aliphatic rings. The van der Waals surface area contributed by atoms with Crippen molar-refractivity contribution < 1.29 is 24.8 Å². The van der Waals surface area contributed by atoms with Gasteiger partial charge in [0.15, 0.2) is 0 Å². The van der Waals surface area contributed by atoms with Crippen LogP contribution in [0.3, 0.4) is 0 Å². The molecule has 3 heteroatoms. The standard InChI is InChI=1S/C94H189.Bi.2ClH/c1-4-7-10-13-16-19-22-25-28-31-34-37-40-43-46-49-52-55-58-61-64-67-70-73-76-79-82-85-88-91-94(92-89-86-83-80-77-74-71-68-65-62-59-56-53-50-47-44-41-38-35-32-29-26-23-20-17-14-11-8-5-2)93-90-87-84-81-78-75-72-69-66-63-60-57-54-51-48-45-42-39-36-33-30-27-24-21-18-15-12-9-6-3;;;/h4-93H2,1-3H3;;2*1H/q;+2;;/p-2. The SMILES string of the molecule is CCCCCCCCCCCCCCCCCCCCCCCCCCCCCCC[C]([Bi+2])(CCCCCCCCCCCCCCCCCCCCCCCCCCCCCCC)CCCCCCCCCCCCCCCCCCCCCCCCCCCCCCC.[Cl-].[Cl-]. The average molecular weight is 1600 g/mol. The molecule has 0 saturated carbocycles. The fourth-order valence-electron chi connectivity index (χ4n) is 16.3. The van der Waals surface area contributed by atoms with Crippen LogP contribution in [0.2, 0.25) is 3.12 Å². The number of halogens is 2. The molecular weight excluding hydrogens is 1410 g/mol. The zero-order valence-electron chi connectivity index (χ0n) is 68.3. The number of hydrogen-bond acceptors (Lipinski definition) is 0. The van der Waals surface area contributed by atoms with Crippen LogP contribution in [0, 0.1) is 0 Å². The Morgan fingerprint density at radius 2 is 0.175 bits per heavy atom. The van der Waals surface area contributed by atoms with Gasteiger partial charge < -0.3 is 24.8 Å². The molecule has 0 aromatic rings. The van der Waals surface area contributed by atoms with E-state index in [-0.39, 0.29) is 24.8 Å². The Morgan fingerprint density at radius 1 is 0.113 bits per heavy atom. The minimum absolute atomic E-state index is 0. The van der Waals surface area contributed by atoms with Crippen molar-refractivity contribution in [1.29, 1.82) is 0 Å². The molecule has 0 fully saturated rings. The summed E-state index contributed by atoms with van der Waals surface area (Å²) in [5.41, 5.74) is 0. The second kappa shape index (κ2) is 95.5. The molecule has 0 spiro atoms. The van der Waals surface area contributed by atoms with Crippen molar-refractivity contribution in [2.45, 2.75) is 602 Å². The monoisotopic (exact) mass is 1600 g/mol. The van der Waals surface area contributed by atoms with Gasteiger partial charge in [0, 0.05) is 0 Å². The Balaban J connectivity index is -0.0000442. The predicted molar refractivity (Wildman–Crippen MR) is 441 cm³/mol. The Bertz CT molecular complexity index is 1130. The van der Waals surface area contributed by atoms with Crippen molar-refractivity contribution in [3.63, 3.8) is 0 Å². The van der Waals surface area contributed by atoms with Gasteiger partial charge >= 0.3 is 240 Å². The van der Waals surface area contributed by atoms with E-state index in [0.717, 1.165) is 0 Å². The van der Waals surface area contributed by atoms with E-state index in [1.165, 1.54) is 559 Å². The minimum Gasteiger partial charge on any atom is -1.00 e. The molecule has 0 saturated heterocycles. The van der Waals surface area contributed by atoms with E-state index in [2.05, 4.69) is 20.8 Å². The van der Waals surface area contributed by atoms with Crippen molar-refractivity contribution >= 4 is 24.7 Å². The first-order valence-corrected chi connectivity index (χ1v) is 48.6. The van der Waals surface area contributed by atoms with Crippen LogP contribution in [-0.2, 0) is 0 Å². The molecule has 0 aliphatic carbocycles. The van der Waals surface area contributed by atoms with E-state index in [1.54, 1.807) is 44.0 Å². The predicted octanol–water partition coefficient (Wildman–Crippen LogP) is 30.5. The van der Waals surface area contributed by atoms with Gasteiger partial charge in [-0.15, -0.1) is 0 Å². The molecule has 0 nitrogen and oxygen atoms in total. The van der Waals surface area contributed by atoms with Gasteiger partial charge in [0.2, 0.25) is 0 Å². The molecule has 0 amide bonds. The molecule has 0 bridgehead atoms. The Labute approximate surface area is 646 Å². The smallest absolute Gasteiger partial charge is 1.00 e. The van der Waals surface area contributed by atoms with Crippen LogP contribution in [0.15, 0.2) is 0 Å². The van der Waals surface area contributed by atoms with Crippen LogP contribution in [0.5, 0.6) is 0 Å². The van der Waals surface area contributed by atoms with E-state index in [0.29, 0.717) is 3.12 Å². The summed E-state index contributed by atoms with van der Waals surface area (Å²) in [6.45, 7) is 6.97. The van der Waals surface area contributed by atoms with Gasteiger partial charge in [-0.25, -0.2) is 0 Å². The summed E-state index contributed by atoms with van der Waals surface area (Å²) < 4.78 is 0.712. The van der Waals surface area contributed by atoms with E-state index in [4.69, 9.17) is 0 Å². The van der Waals surface area contributed by atoms with E-state index in [9.17, 15) is 0 Å². The molecule has 97 heavy (non-hydrogen) atoms. The third-order valence-corrected chi connectivity index (χ3v) is 25.8. The van der Waals surface area contributed by atoms with Crippen molar-refractivity contribution in [2.75, 3.05) is 0 Å². The molecule has 0 aromatic heterocycles. The molecule has 0 unspecified atom stereocenters. The van der Waals surface area contributed by atoms with Gasteiger partial charge in [-0.2, -0.15) is 0 Å². The van der Waals surface area contributed by atoms with Gasteiger partial charge in [-0.3, -0.25) is 0 Å². The fraction of sp³-hybridized carbons (Fsp3) is 1.00. The molecule has 0 rings (SSSR count). The average Bonchev–Trinajstić information content (AvgIpc) is 2.01. The zero-order valence-corrected chi connectivity index (χ0v) is 73.3. The minimum atomic E-state index is 0.